The predicted molar refractivity (Wildman–Crippen MR) is 70.3 cm³/mol. The Morgan fingerprint density at radius 1 is 0.765 bits per heavy atom. The van der Waals surface area contributed by atoms with Crippen LogP contribution in [-0.4, -0.2) is 5.78 Å². The first kappa shape index (κ1) is 10.0. The molecule has 0 aromatic heterocycles. The van der Waals surface area contributed by atoms with Gasteiger partial charge in [0, 0.05) is 0 Å². The van der Waals surface area contributed by atoms with E-state index in [9.17, 15) is 4.79 Å². The van der Waals surface area contributed by atoms with Gasteiger partial charge in [-0.15, -0.1) is 0 Å². The minimum atomic E-state index is 0.0486. The van der Waals surface area contributed by atoms with Crippen LogP contribution in [0.25, 0.3) is 12.2 Å². The van der Waals surface area contributed by atoms with Crippen LogP contribution < -0.4 is 0 Å². The standard InChI is InChI=1S/C16H12O/c17-16-7-5-12-9-13(6-8-16)11-15-4-2-1-3-14(15)10-12/h1-8,10-11H,9H2. The molecule has 0 N–H and O–H groups in total. The molecule has 2 bridgehead atoms. The summed E-state index contributed by atoms with van der Waals surface area (Å²) in [6.45, 7) is 0. The van der Waals surface area contributed by atoms with Gasteiger partial charge < -0.3 is 0 Å². The third-order valence-corrected chi connectivity index (χ3v) is 3.01. The first-order valence-corrected chi connectivity index (χ1v) is 5.71. The van der Waals surface area contributed by atoms with E-state index >= 15 is 0 Å². The second-order valence-corrected chi connectivity index (χ2v) is 4.31. The number of allylic oxidation sites excluding steroid dienone is 6. The van der Waals surface area contributed by atoms with Gasteiger partial charge in [-0.05, 0) is 40.8 Å². The predicted octanol–water partition coefficient (Wildman–Crippen LogP) is 3.55. The maximum absolute atomic E-state index is 11.4. The molecule has 1 nitrogen and oxygen atoms in total. The lowest BCUT2D eigenvalue weighted by atomic mass is 10.0. The van der Waals surface area contributed by atoms with Gasteiger partial charge in [0.1, 0.15) is 0 Å². The topological polar surface area (TPSA) is 17.1 Å². The maximum Gasteiger partial charge on any atom is 0.178 e. The smallest absolute Gasteiger partial charge is 0.178 e. The lowest BCUT2D eigenvalue weighted by Gasteiger charge is -2.03. The highest BCUT2D eigenvalue weighted by molar-refractivity contribution is 6.00. The third kappa shape index (κ3) is 2.04. The van der Waals surface area contributed by atoms with Crippen molar-refractivity contribution in [2.45, 2.75) is 6.42 Å². The van der Waals surface area contributed by atoms with Crippen LogP contribution in [0.15, 0.2) is 59.7 Å². The zero-order valence-corrected chi connectivity index (χ0v) is 9.39. The van der Waals surface area contributed by atoms with Crippen LogP contribution in [0.5, 0.6) is 0 Å². The molecule has 0 radical (unpaired) electrons. The molecule has 0 saturated heterocycles. The molecule has 2 aliphatic rings. The average molecular weight is 220 g/mol. The maximum atomic E-state index is 11.4. The lowest BCUT2D eigenvalue weighted by molar-refractivity contribution is -0.110. The van der Waals surface area contributed by atoms with Gasteiger partial charge >= 0.3 is 0 Å². The number of benzene rings is 1. The van der Waals surface area contributed by atoms with Crippen LogP contribution in [0.3, 0.4) is 0 Å². The number of carbonyl (C=O) groups is 1. The van der Waals surface area contributed by atoms with Crippen molar-refractivity contribution in [1.82, 2.24) is 0 Å². The van der Waals surface area contributed by atoms with Gasteiger partial charge in [0.2, 0.25) is 0 Å². The van der Waals surface area contributed by atoms with E-state index in [1.165, 1.54) is 22.3 Å². The molecule has 0 spiro atoms. The molecule has 1 aromatic carbocycles. The van der Waals surface area contributed by atoms with E-state index in [2.05, 4.69) is 24.3 Å². The minimum absolute atomic E-state index is 0.0486. The number of fused-ring (bicyclic) bond motifs is 3. The number of ketones is 1. The molecule has 0 aliphatic heterocycles. The fraction of sp³-hybridized carbons (Fsp3) is 0.0625. The molecule has 0 fully saturated rings. The summed E-state index contributed by atoms with van der Waals surface area (Å²) in [6, 6.07) is 8.28. The molecule has 1 aromatic rings. The van der Waals surface area contributed by atoms with Crippen molar-refractivity contribution in [3.63, 3.8) is 0 Å². The Morgan fingerprint density at radius 3 is 1.82 bits per heavy atom. The summed E-state index contributed by atoms with van der Waals surface area (Å²) in [5.41, 5.74) is 4.78. The molecular weight excluding hydrogens is 208 g/mol. The van der Waals surface area contributed by atoms with Gasteiger partial charge in [0.05, 0.1) is 0 Å². The minimum Gasteiger partial charge on any atom is -0.290 e. The molecule has 0 amide bonds. The van der Waals surface area contributed by atoms with E-state index in [4.69, 9.17) is 0 Å². The second-order valence-electron chi connectivity index (χ2n) is 4.31. The molecule has 17 heavy (non-hydrogen) atoms. The van der Waals surface area contributed by atoms with E-state index in [-0.39, 0.29) is 5.78 Å². The van der Waals surface area contributed by atoms with Gasteiger partial charge in [0.15, 0.2) is 5.78 Å². The Morgan fingerprint density at radius 2 is 1.29 bits per heavy atom. The summed E-state index contributed by atoms with van der Waals surface area (Å²) in [7, 11) is 0. The SMILES string of the molecule is O=C1C=CC2=Cc3ccccc3C=C(C=C1)C2. The summed E-state index contributed by atoms with van der Waals surface area (Å²) in [4.78, 5) is 11.4. The monoisotopic (exact) mass is 220 g/mol. The fourth-order valence-corrected chi connectivity index (χ4v) is 2.16. The van der Waals surface area contributed by atoms with Gasteiger partial charge in [-0.2, -0.15) is 0 Å². The second kappa shape index (κ2) is 4.02. The number of rotatable bonds is 0. The Bertz CT molecular complexity index is 547. The van der Waals surface area contributed by atoms with Gasteiger partial charge in [0.25, 0.3) is 0 Å². The molecule has 0 heterocycles. The zero-order chi connectivity index (χ0) is 11.7. The first-order chi connectivity index (χ1) is 8.31. The van der Waals surface area contributed by atoms with Crippen molar-refractivity contribution in [3.8, 4) is 0 Å². The molecule has 1 heteroatoms. The summed E-state index contributed by atoms with van der Waals surface area (Å²) in [5, 5.41) is 0. The van der Waals surface area contributed by atoms with Crippen LogP contribution >= 0.6 is 0 Å². The van der Waals surface area contributed by atoms with Gasteiger partial charge in [-0.3, -0.25) is 4.79 Å². The molecule has 0 saturated carbocycles. The van der Waals surface area contributed by atoms with E-state index < -0.39 is 0 Å². The van der Waals surface area contributed by atoms with Crippen LogP contribution in [0, 0.1) is 0 Å². The van der Waals surface area contributed by atoms with Crippen molar-refractivity contribution in [2.24, 2.45) is 0 Å². The molecule has 0 unspecified atom stereocenters. The Hall–Kier alpha value is -2.15. The summed E-state index contributed by atoms with van der Waals surface area (Å²) in [5.74, 6) is 0.0486. The Kier molecular flexibility index (Phi) is 2.37. The molecule has 0 atom stereocenters. The summed E-state index contributed by atoms with van der Waals surface area (Å²) >= 11 is 0. The largest absolute Gasteiger partial charge is 0.290 e. The first-order valence-electron chi connectivity index (χ1n) is 5.71. The van der Waals surface area contributed by atoms with Crippen molar-refractivity contribution in [2.75, 3.05) is 0 Å². The quantitative estimate of drug-likeness (QED) is 0.653. The molecule has 82 valence electrons. The van der Waals surface area contributed by atoms with Crippen molar-refractivity contribution >= 4 is 17.9 Å². The van der Waals surface area contributed by atoms with E-state index in [0.29, 0.717) is 0 Å². The van der Waals surface area contributed by atoms with Crippen LogP contribution in [-0.2, 0) is 4.79 Å². The van der Waals surface area contributed by atoms with Crippen LogP contribution in [0.4, 0.5) is 0 Å². The van der Waals surface area contributed by atoms with Crippen molar-refractivity contribution < 1.29 is 4.79 Å². The van der Waals surface area contributed by atoms with E-state index in [0.717, 1.165) is 6.42 Å². The Balaban J connectivity index is 2.21. The van der Waals surface area contributed by atoms with Gasteiger partial charge in [-0.1, -0.05) is 48.6 Å². The van der Waals surface area contributed by atoms with Crippen molar-refractivity contribution in [3.05, 3.63) is 70.8 Å². The lowest BCUT2D eigenvalue weighted by Crippen LogP contribution is -1.91. The third-order valence-electron chi connectivity index (χ3n) is 3.01. The van der Waals surface area contributed by atoms with Crippen molar-refractivity contribution in [1.29, 1.82) is 0 Å². The van der Waals surface area contributed by atoms with E-state index in [1.54, 1.807) is 12.2 Å². The molecular formula is C16H12O. The highest BCUT2D eigenvalue weighted by Gasteiger charge is 2.08. The highest BCUT2D eigenvalue weighted by atomic mass is 16.1. The Labute approximate surface area is 100 Å². The average Bonchev–Trinajstić information content (AvgIpc) is 2.51. The number of hydrogen-bond donors (Lipinski definition) is 0. The zero-order valence-electron chi connectivity index (χ0n) is 9.39. The normalized spacial score (nSPS) is 17.5. The van der Waals surface area contributed by atoms with Gasteiger partial charge in [-0.25, -0.2) is 0 Å². The molecule has 3 rings (SSSR count). The van der Waals surface area contributed by atoms with E-state index in [1.807, 2.05) is 24.3 Å². The number of carbonyl (C=O) groups excluding carboxylic acids is 1. The summed E-state index contributed by atoms with van der Waals surface area (Å²) in [6.07, 6.45) is 12.3. The van der Waals surface area contributed by atoms with Crippen LogP contribution in [0.1, 0.15) is 17.5 Å². The highest BCUT2D eigenvalue weighted by Crippen LogP contribution is 2.27. The molecule has 2 aliphatic carbocycles. The fourth-order valence-electron chi connectivity index (χ4n) is 2.16. The summed E-state index contributed by atoms with van der Waals surface area (Å²) < 4.78 is 0. The van der Waals surface area contributed by atoms with Crippen LogP contribution in [0.2, 0.25) is 0 Å². The number of hydrogen-bond acceptors (Lipinski definition) is 1.